The number of aromatic nitrogens is 4. The largest absolute Gasteiger partial charge is 0.463 e. The molecule has 0 unspecified atom stereocenters. The molecule has 14 heteroatoms. The number of hydrogen-bond acceptors (Lipinski definition) is 11. The van der Waals surface area contributed by atoms with Crippen LogP contribution in [-0.4, -0.2) is 40.4 Å². The Morgan fingerprint density at radius 3 is 2.30 bits per heavy atom. The maximum Gasteiger partial charge on any atom is 0.263 e. The molecule has 12 nitrogen and oxygen atoms in total. The fourth-order valence-electron chi connectivity index (χ4n) is 3.19. The van der Waals surface area contributed by atoms with Crippen LogP contribution < -0.4 is 10.0 Å². The van der Waals surface area contributed by atoms with Gasteiger partial charge in [0.25, 0.3) is 10.0 Å². The van der Waals surface area contributed by atoms with E-state index in [1.165, 1.54) is 42.9 Å². The summed E-state index contributed by atoms with van der Waals surface area (Å²) < 4.78 is 43.1. The zero-order chi connectivity index (χ0) is 25.8. The highest BCUT2D eigenvalue weighted by atomic mass is 32.2. The quantitative estimate of drug-likeness (QED) is 0.258. The number of benzene rings is 1. The number of rotatable bonds is 9. The lowest BCUT2D eigenvalue weighted by molar-refractivity contribution is -0.113. The summed E-state index contributed by atoms with van der Waals surface area (Å²) in [6.45, 7) is 1.65. The van der Waals surface area contributed by atoms with Crippen molar-refractivity contribution in [2.75, 3.05) is 15.8 Å². The first kappa shape index (κ1) is 24.3. The number of aryl methyl sites for hydroxylation is 1. The van der Waals surface area contributed by atoms with Gasteiger partial charge in [-0.3, -0.25) is 9.52 Å². The minimum Gasteiger partial charge on any atom is -0.463 e. The van der Waals surface area contributed by atoms with Crippen LogP contribution in [0, 0.1) is 6.92 Å². The molecule has 1 amide bonds. The van der Waals surface area contributed by atoms with Gasteiger partial charge in [-0.25, -0.2) is 13.4 Å². The molecule has 4 heterocycles. The monoisotopic (exact) mass is 538 g/mol. The van der Waals surface area contributed by atoms with Crippen molar-refractivity contribution >= 4 is 39.2 Å². The van der Waals surface area contributed by atoms with Gasteiger partial charge in [0.2, 0.25) is 11.1 Å². The normalized spacial score (nSPS) is 11.4. The number of anilines is 2. The smallest absolute Gasteiger partial charge is 0.263 e. The van der Waals surface area contributed by atoms with Gasteiger partial charge in [-0.05, 0) is 55.5 Å². The lowest BCUT2D eigenvalue weighted by atomic mass is 10.2. The molecule has 0 saturated heterocycles. The molecule has 0 fully saturated rings. The van der Waals surface area contributed by atoms with E-state index in [1.807, 2.05) is 0 Å². The van der Waals surface area contributed by atoms with Crippen LogP contribution >= 0.6 is 11.8 Å². The number of thioether (sulfide) groups is 1. The average molecular weight is 539 g/mol. The Morgan fingerprint density at radius 1 is 0.973 bits per heavy atom. The molecule has 0 spiro atoms. The predicted molar refractivity (Wildman–Crippen MR) is 133 cm³/mol. The summed E-state index contributed by atoms with van der Waals surface area (Å²) >= 11 is 1.09. The number of carbonyl (C=O) groups is 1. The highest BCUT2D eigenvalue weighted by molar-refractivity contribution is 7.99. The molecule has 0 aliphatic carbocycles. The van der Waals surface area contributed by atoms with Gasteiger partial charge in [-0.1, -0.05) is 16.9 Å². The molecular weight excluding hydrogens is 520 g/mol. The molecule has 0 bridgehead atoms. The van der Waals surface area contributed by atoms with Crippen molar-refractivity contribution in [3.8, 4) is 22.9 Å². The third-order valence-corrected chi connectivity index (χ3v) is 7.03. The van der Waals surface area contributed by atoms with Gasteiger partial charge < -0.3 is 18.7 Å². The van der Waals surface area contributed by atoms with Crippen molar-refractivity contribution < 1.29 is 26.6 Å². The number of sulfonamides is 1. The van der Waals surface area contributed by atoms with E-state index in [4.69, 9.17) is 13.4 Å². The fourth-order valence-corrected chi connectivity index (χ4v) is 4.76. The summed E-state index contributed by atoms with van der Waals surface area (Å²) in [5.74, 6) is 1.17. The molecule has 4 aromatic heterocycles. The Kier molecular flexibility index (Phi) is 6.74. The number of nitrogens with one attached hydrogen (secondary N) is 2. The second-order valence-corrected chi connectivity index (χ2v) is 10.2. The molecule has 37 heavy (non-hydrogen) atoms. The van der Waals surface area contributed by atoms with E-state index in [2.05, 4.69) is 30.4 Å². The molecule has 2 N–H and O–H groups in total. The molecule has 0 saturated carbocycles. The molecule has 1 aromatic carbocycles. The molecule has 0 aliphatic rings. The molecule has 5 aromatic rings. The number of carbonyl (C=O) groups excluding carboxylic acids is 1. The average Bonchev–Trinajstić information content (AvgIpc) is 3.66. The lowest BCUT2D eigenvalue weighted by Crippen LogP contribution is -2.15. The summed E-state index contributed by atoms with van der Waals surface area (Å²) in [6.07, 6.45) is 3.04. The second kappa shape index (κ2) is 10.3. The molecule has 0 aliphatic heterocycles. The van der Waals surface area contributed by atoms with Gasteiger partial charge in [-0.2, -0.15) is 0 Å². The topological polar surface area (TPSA) is 166 Å². The third kappa shape index (κ3) is 5.70. The Labute approximate surface area is 214 Å². The number of amides is 1. The van der Waals surface area contributed by atoms with Crippen molar-refractivity contribution in [3.63, 3.8) is 0 Å². The maximum atomic E-state index is 12.5. The van der Waals surface area contributed by atoms with Gasteiger partial charge >= 0.3 is 0 Å². The summed E-state index contributed by atoms with van der Waals surface area (Å²) in [5.41, 5.74) is 1.27. The van der Waals surface area contributed by atoms with Gasteiger partial charge in [0, 0.05) is 11.8 Å². The van der Waals surface area contributed by atoms with Crippen molar-refractivity contribution in [3.05, 3.63) is 72.9 Å². The first-order valence-corrected chi connectivity index (χ1v) is 13.2. The van der Waals surface area contributed by atoms with Crippen LogP contribution in [0.1, 0.15) is 5.76 Å². The first-order chi connectivity index (χ1) is 17.9. The SMILES string of the molecule is Cc1cc(NS(=O)(=O)c2ccc(NC(=O)CSc3nnc(-c4ccco4)c(-c4ccco4)n3)cc2)no1. The Balaban J connectivity index is 1.22. The standard InChI is InChI=1S/C23H18N6O6S2/c1-14-12-19(28-35-14)29-37(31,32)16-8-6-15(7-9-16)24-20(30)13-36-23-25-21(17-4-2-10-33-17)22(26-27-23)18-5-3-11-34-18/h2-12H,13H2,1H3,(H,24,30)(H,28,29). The summed E-state index contributed by atoms with van der Waals surface area (Å²) in [6, 6.07) is 14.1. The van der Waals surface area contributed by atoms with Crippen molar-refractivity contribution in [2.24, 2.45) is 0 Å². The molecule has 188 valence electrons. The van der Waals surface area contributed by atoms with Crippen LogP contribution in [-0.2, 0) is 14.8 Å². The number of nitrogens with zero attached hydrogens (tertiary/aromatic N) is 4. The van der Waals surface area contributed by atoms with Gasteiger partial charge in [0.1, 0.15) is 11.5 Å². The van der Waals surface area contributed by atoms with Gasteiger partial charge in [-0.15, -0.1) is 10.2 Å². The molecular formula is C23H18N6O6S2. The van der Waals surface area contributed by atoms with Crippen LogP contribution in [0.15, 0.2) is 90.5 Å². The molecule has 0 radical (unpaired) electrons. The fraction of sp³-hybridized carbons (Fsp3) is 0.0870. The van der Waals surface area contributed by atoms with Crippen LogP contribution in [0.5, 0.6) is 0 Å². The first-order valence-electron chi connectivity index (χ1n) is 10.7. The van der Waals surface area contributed by atoms with Crippen LogP contribution in [0.3, 0.4) is 0 Å². The summed E-state index contributed by atoms with van der Waals surface area (Å²) in [5, 5.41) is 14.9. The molecule has 0 atom stereocenters. The Bertz CT molecular complexity index is 1610. The summed E-state index contributed by atoms with van der Waals surface area (Å²) in [4.78, 5) is 17.0. The zero-order valence-corrected chi connectivity index (χ0v) is 20.7. The number of hydrogen-bond donors (Lipinski definition) is 2. The molecule has 5 rings (SSSR count). The van der Waals surface area contributed by atoms with E-state index in [9.17, 15) is 13.2 Å². The lowest BCUT2D eigenvalue weighted by Gasteiger charge is -2.08. The van der Waals surface area contributed by atoms with E-state index in [0.29, 0.717) is 34.4 Å². The van der Waals surface area contributed by atoms with E-state index in [-0.39, 0.29) is 27.5 Å². The second-order valence-electron chi connectivity index (χ2n) is 7.54. The van der Waals surface area contributed by atoms with Gasteiger partial charge in [0.15, 0.2) is 23.0 Å². The van der Waals surface area contributed by atoms with Crippen LogP contribution in [0.2, 0.25) is 0 Å². The van der Waals surface area contributed by atoms with Crippen molar-refractivity contribution in [2.45, 2.75) is 17.0 Å². The van der Waals surface area contributed by atoms with E-state index in [1.54, 1.807) is 31.2 Å². The Morgan fingerprint density at radius 2 is 1.68 bits per heavy atom. The highest BCUT2D eigenvalue weighted by Crippen LogP contribution is 2.30. The van der Waals surface area contributed by atoms with Crippen molar-refractivity contribution in [1.29, 1.82) is 0 Å². The zero-order valence-electron chi connectivity index (χ0n) is 19.1. The van der Waals surface area contributed by atoms with E-state index in [0.717, 1.165) is 11.8 Å². The van der Waals surface area contributed by atoms with Gasteiger partial charge in [0.05, 0.1) is 23.2 Å². The highest BCUT2D eigenvalue weighted by Gasteiger charge is 2.19. The number of furan rings is 2. The maximum absolute atomic E-state index is 12.5. The van der Waals surface area contributed by atoms with E-state index < -0.39 is 10.0 Å². The summed E-state index contributed by atoms with van der Waals surface area (Å²) in [7, 11) is -3.86. The van der Waals surface area contributed by atoms with Crippen LogP contribution in [0.4, 0.5) is 11.5 Å². The van der Waals surface area contributed by atoms with Crippen LogP contribution in [0.25, 0.3) is 22.9 Å². The minimum atomic E-state index is -3.86. The predicted octanol–water partition coefficient (Wildman–Crippen LogP) is 4.22. The van der Waals surface area contributed by atoms with Crippen molar-refractivity contribution in [1.82, 2.24) is 20.3 Å². The third-order valence-electron chi connectivity index (χ3n) is 4.82. The Hall–Kier alpha value is -4.43. The van der Waals surface area contributed by atoms with E-state index >= 15 is 0 Å². The minimum absolute atomic E-state index is 0.00195.